The first-order chi connectivity index (χ1) is 14.1. The highest BCUT2D eigenvalue weighted by Crippen LogP contribution is 2.43. The molecule has 0 radical (unpaired) electrons. The van der Waals surface area contributed by atoms with E-state index in [1.807, 2.05) is 12.3 Å². The van der Waals surface area contributed by atoms with E-state index >= 15 is 0 Å². The van der Waals surface area contributed by atoms with Crippen molar-refractivity contribution in [2.24, 2.45) is 5.92 Å². The first-order valence-corrected chi connectivity index (χ1v) is 11.1. The van der Waals surface area contributed by atoms with E-state index in [1.165, 1.54) is 11.6 Å². The minimum absolute atomic E-state index is 0.189. The van der Waals surface area contributed by atoms with E-state index in [9.17, 15) is 4.39 Å². The third kappa shape index (κ3) is 3.57. The molecule has 0 spiro atoms. The number of aromatic nitrogens is 3. The lowest BCUT2D eigenvalue weighted by molar-refractivity contribution is 0.286. The summed E-state index contributed by atoms with van der Waals surface area (Å²) < 4.78 is 14.9. The van der Waals surface area contributed by atoms with Gasteiger partial charge in [0.05, 0.1) is 16.6 Å². The second-order valence-electron chi connectivity index (χ2n) is 8.25. The molecule has 0 saturated heterocycles. The SMILES string of the molecule is CC(c1nc2ccc(Br)cc2[nH]1)[C@H]1CC[C@H](c2ccnc3ccc(F)cc32)CC1. The molecule has 1 N–H and O–H groups in total. The molecule has 5 rings (SSSR count). The molecule has 2 aromatic heterocycles. The van der Waals surface area contributed by atoms with Crippen molar-refractivity contribution in [2.45, 2.75) is 44.4 Å². The van der Waals surface area contributed by atoms with Crippen LogP contribution >= 0.6 is 15.9 Å². The van der Waals surface area contributed by atoms with Crippen molar-refractivity contribution < 1.29 is 4.39 Å². The summed E-state index contributed by atoms with van der Waals surface area (Å²) in [7, 11) is 0. The van der Waals surface area contributed by atoms with E-state index in [2.05, 4.69) is 51.0 Å². The van der Waals surface area contributed by atoms with Gasteiger partial charge in [0, 0.05) is 22.0 Å². The fourth-order valence-electron chi connectivity index (χ4n) is 4.87. The zero-order chi connectivity index (χ0) is 20.0. The Morgan fingerprint density at radius 1 is 1.03 bits per heavy atom. The van der Waals surface area contributed by atoms with Crippen LogP contribution in [-0.2, 0) is 0 Å². The van der Waals surface area contributed by atoms with Gasteiger partial charge < -0.3 is 4.98 Å². The molecule has 4 aromatic rings. The van der Waals surface area contributed by atoms with Gasteiger partial charge in [0.25, 0.3) is 0 Å². The standard InChI is InChI=1S/C24H23BrFN3/c1-14(24-28-22-8-6-17(25)12-23(22)29-24)15-2-4-16(5-3-15)19-10-11-27-21-9-7-18(26)13-20(19)21/h6-16H,2-5H2,1H3,(H,28,29)/t14?,15-,16-. The lowest BCUT2D eigenvalue weighted by Crippen LogP contribution is -2.19. The minimum Gasteiger partial charge on any atom is -0.342 e. The topological polar surface area (TPSA) is 41.6 Å². The molecule has 2 aromatic carbocycles. The first-order valence-electron chi connectivity index (χ1n) is 10.3. The summed E-state index contributed by atoms with van der Waals surface area (Å²) in [5, 5.41) is 0.965. The number of nitrogens with zero attached hydrogens (tertiary/aromatic N) is 2. The Kier molecular flexibility index (Phi) is 4.86. The number of aromatic amines is 1. The fourth-order valence-corrected chi connectivity index (χ4v) is 5.23. The second-order valence-corrected chi connectivity index (χ2v) is 9.16. The molecule has 0 bridgehead atoms. The van der Waals surface area contributed by atoms with Crippen molar-refractivity contribution in [3.05, 3.63) is 70.3 Å². The number of H-pyrrole nitrogens is 1. The number of nitrogens with one attached hydrogen (secondary N) is 1. The molecule has 1 unspecified atom stereocenters. The van der Waals surface area contributed by atoms with Crippen molar-refractivity contribution in [3.63, 3.8) is 0 Å². The van der Waals surface area contributed by atoms with Crippen LogP contribution in [0, 0.1) is 11.7 Å². The summed E-state index contributed by atoms with van der Waals surface area (Å²) in [5.74, 6) is 2.37. The van der Waals surface area contributed by atoms with Gasteiger partial charge in [-0.25, -0.2) is 9.37 Å². The Morgan fingerprint density at radius 3 is 2.66 bits per heavy atom. The van der Waals surface area contributed by atoms with Gasteiger partial charge in [0.15, 0.2) is 0 Å². The molecule has 0 aliphatic heterocycles. The van der Waals surface area contributed by atoms with Gasteiger partial charge in [-0.15, -0.1) is 0 Å². The smallest absolute Gasteiger partial charge is 0.123 e. The normalized spacial score (nSPS) is 20.9. The van der Waals surface area contributed by atoms with Crippen molar-refractivity contribution >= 4 is 37.9 Å². The molecule has 1 saturated carbocycles. The molecule has 148 valence electrons. The molecule has 29 heavy (non-hydrogen) atoms. The zero-order valence-corrected chi connectivity index (χ0v) is 17.9. The molecule has 0 amide bonds. The lowest BCUT2D eigenvalue weighted by Gasteiger charge is -2.32. The summed E-state index contributed by atoms with van der Waals surface area (Å²) in [5.41, 5.74) is 4.23. The summed E-state index contributed by atoms with van der Waals surface area (Å²) in [6.45, 7) is 2.29. The summed E-state index contributed by atoms with van der Waals surface area (Å²) >= 11 is 3.53. The highest BCUT2D eigenvalue weighted by molar-refractivity contribution is 9.10. The molecular formula is C24H23BrFN3. The predicted molar refractivity (Wildman–Crippen MR) is 119 cm³/mol. The van der Waals surface area contributed by atoms with Gasteiger partial charge in [-0.1, -0.05) is 22.9 Å². The quantitative estimate of drug-likeness (QED) is 0.361. The number of rotatable bonds is 3. The molecule has 3 nitrogen and oxygen atoms in total. The van der Waals surface area contributed by atoms with Gasteiger partial charge in [-0.3, -0.25) is 4.98 Å². The Hall–Kier alpha value is -2.27. The van der Waals surface area contributed by atoms with E-state index < -0.39 is 0 Å². The largest absolute Gasteiger partial charge is 0.342 e. The molecule has 1 aliphatic carbocycles. The van der Waals surface area contributed by atoms with Crippen molar-refractivity contribution in [1.82, 2.24) is 15.0 Å². The average Bonchev–Trinajstić information content (AvgIpc) is 3.16. The van der Waals surface area contributed by atoms with E-state index in [1.54, 1.807) is 12.1 Å². The number of hydrogen-bond donors (Lipinski definition) is 1. The van der Waals surface area contributed by atoms with Gasteiger partial charge >= 0.3 is 0 Å². The Bertz CT molecular complexity index is 1180. The van der Waals surface area contributed by atoms with Crippen LogP contribution in [-0.4, -0.2) is 15.0 Å². The Labute approximate surface area is 177 Å². The van der Waals surface area contributed by atoms with Gasteiger partial charge in [-0.2, -0.15) is 0 Å². The molecule has 1 atom stereocenters. The third-order valence-corrected chi connectivity index (χ3v) is 7.04. The lowest BCUT2D eigenvalue weighted by atomic mass is 9.73. The summed E-state index contributed by atoms with van der Waals surface area (Å²) in [6, 6.07) is 13.2. The monoisotopic (exact) mass is 451 g/mol. The number of fused-ring (bicyclic) bond motifs is 2. The number of halogens is 2. The van der Waals surface area contributed by atoms with Crippen LogP contribution in [0.5, 0.6) is 0 Å². The highest BCUT2D eigenvalue weighted by Gasteiger charge is 2.29. The molecule has 1 aliphatic rings. The predicted octanol–water partition coefficient (Wildman–Crippen LogP) is 7.09. The Balaban J connectivity index is 1.34. The second kappa shape index (κ2) is 7.52. The van der Waals surface area contributed by atoms with Crippen LogP contribution in [0.25, 0.3) is 21.9 Å². The van der Waals surface area contributed by atoms with Crippen LogP contribution in [0.3, 0.4) is 0 Å². The first kappa shape index (κ1) is 18.7. The van der Waals surface area contributed by atoms with Crippen molar-refractivity contribution in [2.75, 3.05) is 0 Å². The van der Waals surface area contributed by atoms with Gasteiger partial charge in [0.1, 0.15) is 11.6 Å². The van der Waals surface area contributed by atoms with Gasteiger partial charge in [0.2, 0.25) is 0 Å². The van der Waals surface area contributed by atoms with E-state index in [0.717, 1.165) is 57.9 Å². The number of hydrogen-bond acceptors (Lipinski definition) is 2. The molecule has 1 fully saturated rings. The highest BCUT2D eigenvalue weighted by atomic mass is 79.9. The molecule has 2 heterocycles. The Morgan fingerprint density at radius 2 is 1.83 bits per heavy atom. The minimum atomic E-state index is -0.189. The van der Waals surface area contributed by atoms with Crippen molar-refractivity contribution in [3.8, 4) is 0 Å². The maximum atomic E-state index is 13.8. The number of imidazole rings is 1. The zero-order valence-electron chi connectivity index (χ0n) is 16.3. The van der Waals surface area contributed by atoms with Crippen LogP contribution < -0.4 is 0 Å². The van der Waals surface area contributed by atoms with Crippen LogP contribution in [0.1, 0.15) is 55.8 Å². The average molecular weight is 452 g/mol. The summed E-state index contributed by atoms with van der Waals surface area (Å²) in [6.07, 6.45) is 6.42. The number of pyridine rings is 1. The van der Waals surface area contributed by atoms with Crippen LogP contribution in [0.4, 0.5) is 4.39 Å². The van der Waals surface area contributed by atoms with Crippen LogP contribution in [0.2, 0.25) is 0 Å². The van der Waals surface area contributed by atoms with E-state index in [-0.39, 0.29) is 5.82 Å². The summed E-state index contributed by atoms with van der Waals surface area (Å²) in [4.78, 5) is 12.8. The maximum absolute atomic E-state index is 13.8. The van der Waals surface area contributed by atoms with Gasteiger partial charge in [-0.05, 0) is 85.5 Å². The van der Waals surface area contributed by atoms with Crippen LogP contribution in [0.15, 0.2) is 53.1 Å². The fraction of sp³-hybridized carbons (Fsp3) is 0.333. The maximum Gasteiger partial charge on any atom is 0.123 e. The number of benzene rings is 2. The van der Waals surface area contributed by atoms with E-state index in [4.69, 9.17) is 4.98 Å². The molecular weight excluding hydrogens is 429 g/mol. The third-order valence-electron chi connectivity index (χ3n) is 6.55. The molecule has 5 heteroatoms. The van der Waals surface area contributed by atoms with E-state index in [0.29, 0.717) is 17.8 Å². The van der Waals surface area contributed by atoms with Crippen molar-refractivity contribution in [1.29, 1.82) is 0 Å².